The van der Waals surface area contributed by atoms with E-state index in [1.807, 2.05) is 29.6 Å². The molecule has 1 aliphatic rings. The number of ether oxygens (including phenoxy) is 2. The second-order valence-corrected chi connectivity index (χ2v) is 7.27. The Bertz CT molecular complexity index is 879. The summed E-state index contributed by atoms with van der Waals surface area (Å²) < 4.78 is 10.7. The van der Waals surface area contributed by atoms with Crippen molar-refractivity contribution in [1.29, 1.82) is 0 Å². The molecule has 0 fully saturated rings. The Balaban J connectivity index is 1.87. The number of carbonyl (C=O) groups excluding carboxylic acids is 2. The van der Waals surface area contributed by atoms with Crippen molar-refractivity contribution in [3.05, 3.63) is 46.2 Å². The summed E-state index contributed by atoms with van der Waals surface area (Å²) in [6, 6.07) is 9.17. The van der Waals surface area contributed by atoms with Gasteiger partial charge in [-0.2, -0.15) is 5.10 Å². The lowest BCUT2D eigenvalue weighted by Crippen LogP contribution is -2.28. The van der Waals surface area contributed by atoms with E-state index in [4.69, 9.17) is 9.47 Å². The number of hydrogen-bond donors (Lipinski definition) is 0. The van der Waals surface area contributed by atoms with Crippen molar-refractivity contribution in [3.8, 4) is 11.5 Å². The molecule has 28 heavy (non-hydrogen) atoms. The number of carboxylic acid groups (broad SMARTS) is 1. The SMILES string of the molecule is COc1ccc([C@@H]2CC(c3cccs3)=NN2C(=O)CCCC(=O)[O-])cc1OC. The Morgan fingerprint density at radius 1 is 1.21 bits per heavy atom. The van der Waals surface area contributed by atoms with Crippen molar-refractivity contribution in [2.75, 3.05) is 14.2 Å². The smallest absolute Gasteiger partial charge is 0.243 e. The maximum Gasteiger partial charge on any atom is 0.243 e. The first-order valence-electron chi connectivity index (χ1n) is 8.88. The van der Waals surface area contributed by atoms with Crippen molar-refractivity contribution in [2.45, 2.75) is 31.7 Å². The summed E-state index contributed by atoms with van der Waals surface area (Å²) in [4.78, 5) is 24.4. The fourth-order valence-corrected chi connectivity index (χ4v) is 3.87. The van der Waals surface area contributed by atoms with Crippen LogP contribution in [0.1, 0.15) is 42.2 Å². The zero-order chi connectivity index (χ0) is 20.1. The molecular formula is C20H21N2O5S-. The van der Waals surface area contributed by atoms with Gasteiger partial charge in [0.1, 0.15) is 0 Å². The average molecular weight is 401 g/mol. The number of aliphatic carboxylic acids is 1. The van der Waals surface area contributed by atoms with Gasteiger partial charge in [0.05, 0.1) is 30.9 Å². The first kappa shape index (κ1) is 19.9. The Morgan fingerprint density at radius 2 is 2.00 bits per heavy atom. The molecular weight excluding hydrogens is 380 g/mol. The van der Waals surface area contributed by atoms with Gasteiger partial charge in [0.25, 0.3) is 0 Å². The molecule has 7 nitrogen and oxygen atoms in total. The third kappa shape index (κ3) is 4.33. The number of nitrogens with zero attached hydrogens (tertiary/aromatic N) is 2. The lowest BCUT2D eigenvalue weighted by atomic mass is 10.00. The summed E-state index contributed by atoms with van der Waals surface area (Å²) >= 11 is 1.57. The van der Waals surface area contributed by atoms with Crippen LogP contribution in [-0.4, -0.2) is 36.8 Å². The van der Waals surface area contributed by atoms with E-state index < -0.39 is 5.97 Å². The number of thiophene rings is 1. The molecule has 2 aromatic rings. The minimum absolute atomic E-state index is 0.0962. The standard InChI is InChI=1S/C20H22N2O5S/c1-26-16-9-8-13(11-17(16)27-2)15-12-14(18-5-4-10-28-18)21-22(15)19(23)6-3-7-20(24)25/h4-5,8-11,15H,3,6-7,12H2,1-2H3,(H,24,25)/p-1/t15-/m0/s1. The van der Waals surface area contributed by atoms with E-state index in [0.29, 0.717) is 17.9 Å². The van der Waals surface area contributed by atoms with Gasteiger partial charge in [-0.25, -0.2) is 5.01 Å². The molecule has 3 rings (SSSR count). The molecule has 0 aliphatic carbocycles. The fourth-order valence-electron chi connectivity index (χ4n) is 3.15. The number of benzene rings is 1. The van der Waals surface area contributed by atoms with E-state index in [-0.39, 0.29) is 31.2 Å². The minimum atomic E-state index is -1.16. The number of amides is 1. The van der Waals surface area contributed by atoms with Crippen LogP contribution in [0.3, 0.4) is 0 Å². The van der Waals surface area contributed by atoms with Gasteiger partial charge in [0.2, 0.25) is 5.91 Å². The zero-order valence-corrected chi connectivity index (χ0v) is 16.5. The molecule has 0 unspecified atom stereocenters. The molecule has 2 heterocycles. The normalized spacial score (nSPS) is 16.0. The highest BCUT2D eigenvalue weighted by Crippen LogP contribution is 2.38. The molecule has 8 heteroatoms. The van der Waals surface area contributed by atoms with E-state index in [1.54, 1.807) is 31.6 Å². The number of rotatable bonds is 8. The molecule has 0 bridgehead atoms. The molecule has 0 saturated carbocycles. The van der Waals surface area contributed by atoms with Crippen molar-refractivity contribution in [2.24, 2.45) is 5.10 Å². The topological polar surface area (TPSA) is 91.3 Å². The molecule has 0 saturated heterocycles. The molecule has 0 N–H and O–H groups in total. The summed E-state index contributed by atoms with van der Waals surface area (Å²) in [5, 5.41) is 18.6. The summed E-state index contributed by atoms with van der Waals surface area (Å²) in [7, 11) is 3.13. The van der Waals surface area contributed by atoms with E-state index in [1.165, 1.54) is 5.01 Å². The van der Waals surface area contributed by atoms with Gasteiger partial charge < -0.3 is 19.4 Å². The number of carboxylic acids is 1. The minimum Gasteiger partial charge on any atom is -0.550 e. The van der Waals surface area contributed by atoms with Crippen LogP contribution in [0.25, 0.3) is 0 Å². The van der Waals surface area contributed by atoms with E-state index in [0.717, 1.165) is 16.2 Å². The predicted octanol–water partition coefficient (Wildman–Crippen LogP) is 2.36. The molecule has 1 aliphatic heterocycles. The highest BCUT2D eigenvalue weighted by molar-refractivity contribution is 7.12. The second kappa shape index (κ2) is 8.88. The van der Waals surface area contributed by atoms with Gasteiger partial charge in [-0.1, -0.05) is 12.1 Å². The van der Waals surface area contributed by atoms with Crippen LogP contribution in [0.15, 0.2) is 40.8 Å². The predicted molar refractivity (Wildman–Crippen MR) is 103 cm³/mol. The van der Waals surface area contributed by atoms with E-state index in [2.05, 4.69) is 5.10 Å². The molecule has 148 valence electrons. The molecule has 0 radical (unpaired) electrons. The summed E-state index contributed by atoms with van der Waals surface area (Å²) in [6.07, 6.45) is 0.740. The van der Waals surface area contributed by atoms with Crippen LogP contribution in [0.5, 0.6) is 11.5 Å². The molecule has 1 aromatic carbocycles. The number of hydrogen-bond acceptors (Lipinski definition) is 7. The van der Waals surface area contributed by atoms with Crippen molar-refractivity contribution in [3.63, 3.8) is 0 Å². The van der Waals surface area contributed by atoms with Gasteiger partial charge in [0.15, 0.2) is 11.5 Å². The maximum absolute atomic E-state index is 12.8. The van der Waals surface area contributed by atoms with Crippen LogP contribution < -0.4 is 14.6 Å². The van der Waals surface area contributed by atoms with Crippen LogP contribution in [0.2, 0.25) is 0 Å². The van der Waals surface area contributed by atoms with Crippen molar-refractivity contribution < 1.29 is 24.2 Å². The first-order valence-corrected chi connectivity index (χ1v) is 9.76. The third-order valence-electron chi connectivity index (χ3n) is 4.54. The largest absolute Gasteiger partial charge is 0.550 e. The molecule has 0 spiro atoms. The van der Waals surface area contributed by atoms with Gasteiger partial charge in [-0.05, 0) is 42.0 Å². The number of hydrazone groups is 1. The quantitative estimate of drug-likeness (QED) is 0.677. The Kier molecular flexibility index (Phi) is 6.30. The fraction of sp³-hybridized carbons (Fsp3) is 0.350. The van der Waals surface area contributed by atoms with Gasteiger partial charge in [-0.15, -0.1) is 11.3 Å². The summed E-state index contributed by atoms with van der Waals surface area (Å²) in [6.45, 7) is 0. The highest BCUT2D eigenvalue weighted by Gasteiger charge is 2.33. The van der Waals surface area contributed by atoms with Crippen molar-refractivity contribution in [1.82, 2.24) is 5.01 Å². The van der Waals surface area contributed by atoms with Crippen LogP contribution >= 0.6 is 11.3 Å². The zero-order valence-electron chi connectivity index (χ0n) is 15.7. The Morgan fingerprint density at radius 3 is 2.64 bits per heavy atom. The van der Waals surface area contributed by atoms with Gasteiger partial charge in [-0.3, -0.25) is 4.79 Å². The first-order chi connectivity index (χ1) is 13.5. The molecule has 1 amide bonds. The van der Waals surface area contributed by atoms with E-state index >= 15 is 0 Å². The molecule has 1 atom stereocenters. The van der Waals surface area contributed by atoms with E-state index in [9.17, 15) is 14.7 Å². The maximum atomic E-state index is 12.8. The third-order valence-corrected chi connectivity index (χ3v) is 5.45. The Labute approximate surface area is 167 Å². The lowest BCUT2D eigenvalue weighted by Gasteiger charge is -2.23. The summed E-state index contributed by atoms with van der Waals surface area (Å²) in [5.74, 6) is -0.189. The monoisotopic (exact) mass is 401 g/mol. The highest BCUT2D eigenvalue weighted by atomic mass is 32.1. The average Bonchev–Trinajstić information content (AvgIpc) is 3.36. The Hall–Kier alpha value is -2.87. The second-order valence-electron chi connectivity index (χ2n) is 6.32. The van der Waals surface area contributed by atoms with Crippen LogP contribution in [0, 0.1) is 0 Å². The lowest BCUT2D eigenvalue weighted by molar-refractivity contribution is -0.305. The van der Waals surface area contributed by atoms with Crippen molar-refractivity contribution >= 4 is 28.9 Å². The number of carbonyl (C=O) groups is 2. The van der Waals surface area contributed by atoms with Gasteiger partial charge >= 0.3 is 0 Å². The molecule has 1 aromatic heterocycles. The van der Waals surface area contributed by atoms with Crippen LogP contribution in [0.4, 0.5) is 0 Å². The van der Waals surface area contributed by atoms with Gasteiger partial charge in [0, 0.05) is 18.8 Å². The van der Waals surface area contributed by atoms with Crippen LogP contribution in [-0.2, 0) is 9.59 Å². The summed E-state index contributed by atoms with van der Waals surface area (Å²) in [5.41, 5.74) is 1.71. The number of methoxy groups -OCH3 is 2.